The smallest absolute Gasteiger partial charge is 0.337 e. The third-order valence-electron chi connectivity index (χ3n) is 2.77. The normalized spacial score (nSPS) is 10.9. The van der Waals surface area contributed by atoms with Crippen LogP contribution < -0.4 is 4.74 Å². The highest BCUT2D eigenvalue weighted by Crippen LogP contribution is 2.26. The lowest BCUT2D eigenvalue weighted by Crippen LogP contribution is -2.19. The molecule has 0 spiro atoms. The predicted molar refractivity (Wildman–Crippen MR) is 72.8 cm³/mol. The fourth-order valence-electron chi connectivity index (χ4n) is 1.78. The van der Waals surface area contributed by atoms with Crippen LogP contribution in [0.5, 0.6) is 5.88 Å². The number of hydrogen-bond donors (Lipinski definition) is 1. The zero-order valence-corrected chi connectivity index (χ0v) is 11.0. The van der Waals surface area contributed by atoms with Gasteiger partial charge in [-0.2, -0.15) is 0 Å². The Morgan fingerprint density at radius 3 is 2.63 bits per heavy atom. The van der Waals surface area contributed by atoms with E-state index >= 15 is 0 Å². The number of carbonyl (C=O) groups is 1. The molecule has 2 aromatic rings. The van der Waals surface area contributed by atoms with Crippen molar-refractivity contribution in [3.05, 3.63) is 36.0 Å². The van der Waals surface area contributed by atoms with Gasteiger partial charge in [0.25, 0.3) is 0 Å². The van der Waals surface area contributed by atoms with Gasteiger partial charge in [-0.1, -0.05) is 18.2 Å². The molecule has 0 aliphatic rings. The van der Waals surface area contributed by atoms with Crippen molar-refractivity contribution in [2.75, 3.05) is 27.2 Å². The predicted octanol–water partition coefficient (Wildman–Crippen LogP) is 1.87. The molecule has 1 N–H and O–H groups in total. The summed E-state index contributed by atoms with van der Waals surface area (Å²) >= 11 is 0. The minimum Gasteiger partial charge on any atom is -0.478 e. The summed E-state index contributed by atoms with van der Waals surface area (Å²) in [4.78, 5) is 17.3. The van der Waals surface area contributed by atoms with E-state index in [0.717, 1.165) is 11.9 Å². The van der Waals surface area contributed by atoms with Crippen molar-refractivity contribution in [1.82, 2.24) is 9.88 Å². The molecule has 5 heteroatoms. The van der Waals surface area contributed by atoms with Gasteiger partial charge in [-0.25, -0.2) is 9.78 Å². The zero-order valence-electron chi connectivity index (χ0n) is 11.0. The van der Waals surface area contributed by atoms with Gasteiger partial charge >= 0.3 is 5.97 Å². The number of rotatable bonds is 5. The number of carboxylic acids is 1. The molecule has 0 radical (unpaired) electrons. The van der Waals surface area contributed by atoms with Crippen molar-refractivity contribution >= 4 is 16.7 Å². The molecule has 19 heavy (non-hydrogen) atoms. The van der Waals surface area contributed by atoms with Crippen molar-refractivity contribution in [2.45, 2.75) is 0 Å². The maximum absolute atomic E-state index is 11.1. The molecule has 0 fully saturated rings. The second-order valence-electron chi connectivity index (χ2n) is 4.48. The van der Waals surface area contributed by atoms with Crippen LogP contribution >= 0.6 is 0 Å². The highest BCUT2D eigenvalue weighted by atomic mass is 16.5. The number of carboxylic acid groups (broad SMARTS) is 1. The summed E-state index contributed by atoms with van der Waals surface area (Å²) in [6.07, 6.45) is 1.34. The number of likely N-dealkylation sites (N-methyl/N-ethyl adjacent to an activating group) is 1. The maximum Gasteiger partial charge on any atom is 0.337 e. The lowest BCUT2D eigenvalue weighted by Gasteiger charge is -2.12. The highest BCUT2D eigenvalue weighted by molar-refractivity contribution is 6.04. The lowest BCUT2D eigenvalue weighted by molar-refractivity contribution is 0.0698. The minimum absolute atomic E-state index is 0.190. The van der Waals surface area contributed by atoms with Crippen LogP contribution in [-0.4, -0.2) is 48.2 Å². The Hall–Kier alpha value is -2.14. The molecule has 5 nitrogen and oxygen atoms in total. The van der Waals surface area contributed by atoms with Gasteiger partial charge in [-0.05, 0) is 20.2 Å². The van der Waals surface area contributed by atoms with Gasteiger partial charge in [0.1, 0.15) is 6.61 Å². The number of hydrogen-bond acceptors (Lipinski definition) is 4. The first-order chi connectivity index (χ1) is 9.09. The molecule has 0 aliphatic carbocycles. The summed E-state index contributed by atoms with van der Waals surface area (Å²) in [6, 6.07) is 7.23. The summed E-state index contributed by atoms with van der Waals surface area (Å²) in [5.74, 6) is -0.508. The van der Waals surface area contributed by atoms with Crippen LogP contribution in [0.1, 0.15) is 10.4 Å². The third-order valence-corrected chi connectivity index (χ3v) is 2.77. The first kappa shape index (κ1) is 13.3. The van der Waals surface area contributed by atoms with Crippen molar-refractivity contribution in [3.63, 3.8) is 0 Å². The Morgan fingerprint density at radius 1 is 1.32 bits per heavy atom. The molecule has 0 atom stereocenters. The second kappa shape index (κ2) is 5.67. The van der Waals surface area contributed by atoms with Gasteiger partial charge in [0.15, 0.2) is 0 Å². The number of aromatic nitrogens is 1. The number of fused-ring (bicyclic) bond motifs is 1. The fraction of sp³-hybridized carbons (Fsp3) is 0.286. The Bertz CT molecular complexity index is 596. The third kappa shape index (κ3) is 3.00. The van der Waals surface area contributed by atoms with Crippen LogP contribution in [0.25, 0.3) is 10.8 Å². The summed E-state index contributed by atoms with van der Waals surface area (Å²) in [5.41, 5.74) is 0.190. The number of pyridine rings is 1. The van der Waals surface area contributed by atoms with Crippen LogP contribution in [0.3, 0.4) is 0 Å². The molecule has 0 saturated carbocycles. The summed E-state index contributed by atoms with van der Waals surface area (Å²) in [6.45, 7) is 1.28. The molecule has 0 amide bonds. The largest absolute Gasteiger partial charge is 0.478 e. The molecule has 0 unspecified atom stereocenters. The van der Waals surface area contributed by atoms with Crippen molar-refractivity contribution in [3.8, 4) is 5.88 Å². The van der Waals surface area contributed by atoms with Crippen LogP contribution in [0.15, 0.2) is 30.5 Å². The SMILES string of the molecule is CN(C)CCOc1ncc(C(=O)O)c2ccccc12. The summed E-state index contributed by atoms with van der Waals surface area (Å²) in [5, 5.41) is 10.5. The Kier molecular flexibility index (Phi) is 3.97. The van der Waals surface area contributed by atoms with Crippen LogP contribution in [0, 0.1) is 0 Å². The average molecular weight is 260 g/mol. The van der Waals surface area contributed by atoms with Crippen molar-refractivity contribution in [1.29, 1.82) is 0 Å². The van der Waals surface area contributed by atoms with E-state index in [-0.39, 0.29) is 5.56 Å². The fourth-order valence-corrected chi connectivity index (χ4v) is 1.78. The lowest BCUT2D eigenvalue weighted by atomic mass is 10.1. The number of nitrogens with zero attached hydrogens (tertiary/aromatic N) is 2. The van der Waals surface area contributed by atoms with Crippen molar-refractivity contribution in [2.24, 2.45) is 0 Å². The molecule has 0 bridgehead atoms. The van der Waals surface area contributed by atoms with Gasteiger partial charge in [-0.3, -0.25) is 0 Å². The maximum atomic E-state index is 11.1. The number of aromatic carboxylic acids is 1. The van der Waals surface area contributed by atoms with E-state index in [0.29, 0.717) is 17.9 Å². The van der Waals surface area contributed by atoms with Crippen LogP contribution in [0.2, 0.25) is 0 Å². The van der Waals surface area contributed by atoms with E-state index in [4.69, 9.17) is 9.84 Å². The van der Waals surface area contributed by atoms with Gasteiger partial charge in [0, 0.05) is 23.5 Å². The Morgan fingerprint density at radius 2 is 2.00 bits per heavy atom. The first-order valence-corrected chi connectivity index (χ1v) is 5.98. The second-order valence-corrected chi connectivity index (χ2v) is 4.48. The van der Waals surface area contributed by atoms with E-state index in [1.54, 1.807) is 12.1 Å². The topological polar surface area (TPSA) is 62.7 Å². The molecule has 1 heterocycles. The summed E-state index contributed by atoms with van der Waals surface area (Å²) in [7, 11) is 3.92. The quantitative estimate of drug-likeness (QED) is 0.889. The molecular weight excluding hydrogens is 244 g/mol. The standard InChI is InChI=1S/C14H16N2O3/c1-16(2)7-8-19-13-11-6-4-3-5-10(11)12(9-15-13)14(17)18/h3-6,9H,7-8H2,1-2H3,(H,17,18). The van der Waals surface area contributed by atoms with E-state index < -0.39 is 5.97 Å². The minimum atomic E-state index is -0.983. The molecular formula is C14H16N2O3. The molecule has 1 aromatic heterocycles. The summed E-state index contributed by atoms with van der Waals surface area (Å²) < 4.78 is 5.62. The number of benzene rings is 1. The van der Waals surface area contributed by atoms with Crippen LogP contribution in [0.4, 0.5) is 0 Å². The Labute approximate surface area is 111 Å². The molecule has 2 rings (SSSR count). The zero-order chi connectivity index (χ0) is 13.8. The van der Waals surface area contributed by atoms with Crippen molar-refractivity contribution < 1.29 is 14.6 Å². The van der Waals surface area contributed by atoms with Gasteiger partial charge in [-0.15, -0.1) is 0 Å². The highest BCUT2D eigenvalue weighted by Gasteiger charge is 2.12. The molecule has 0 saturated heterocycles. The van der Waals surface area contributed by atoms with Gasteiger partial charge in [0.2, 0.25) is 5.88 Å². The molecule has 1 aromatic carbocycles. The van der Waals surface area contributed by atoms with E-state index in [1.165, 1.54) is 6.20 Å². The first-order valence-electron chi connectivity index (χ1n) is 5.98. The Balaban J connectivity index is 2.36. The van der Waals surface area contributed by atoms with E-state index in [2.05, 4.69) is 4.98 Å². The van der Waals surface area contributed by atoms with E-state index in [1.807, 2.05) is 31.1 Å². The molecule has 0 aliphatic heterocycles. The monoisotopic (exact) mass is 260 g/mol. The van der Waals surface area contributed by atoms with Gasteiger partial charge < -0.3 is 14.7 Å². The number of ether oxygens (including phenoxy) is 1. The van der Waals surface area contributed by atoms with E-state index in [9.17, 15) is 4.79 Å². The van der Waals surface area contributed by atoms with Crippen LogP contribution in [-0.2, 0) is 0 Å². The average Bonchev–Trinajstić information content (AvgIpc) is 2.38. The van der Waals surface area contributed by atoms with Gasteiger partial charge in [0.05, 0.1) is 5.56 Å². The molecule has 100 valence electrons.